The summed E-state index contributed by atoms with van der Waals surface area (Å²) < 4.78 is 0. The van der Waals surface area contributed by atoms with Crippen LogP contribution in [0.25, 0.3) is 0 Å². The van der Waals surface area contributed by atoms with E-state index in [4.69, 9.17) is 0 Å². The molecule has 1 atom stereocenters. The van der Waals surface area contributed by atoms with Gasteiger partial charge in [-0.2, -0.15) is 0 Å². The minimum absolute atomic E-state index is 0.0996. The number of carbonyl (C=O) groups is 2. The lowest BCUT2D eigenvalue weighted by molar-refractivity contribution is -0.115. The summed E-state index contributed by atoms with van der Waals surface area (Å²) >= 11 is 0. The van der Waals surface area contributed by atoms with E-state index < -0.39 is 0 Å². The van der Waals surface area contributed by atoms with Gasteiger partial charge in [-0.15, -0.1) is 0 Å². The Labute approximate surface area is 167 Å². The number of carbonyl (C=O) groups excluding carboxylic acids is 2. The van der Waals surface area contributed by atoms with Crippen LogP contribution in [0.1, 0.15) is 61.1 Å². The van der Waals surface area contributed by atoms with Gasteiger partial charge in [-0.1, -0.05) is 52.0 Å². The van der Waals surface area contributed by atoms with Crippen molar-refractivity contribution < 1.29 is 9.59 Å². The highest BCUT2D eigenvalue weighted by Crippen LogP contribution is 2.24. The van der Waals surface area contributed by atoms with E-state index in [2.05, 4.69) is 67.9 Å². The second-order valence-corrected chi connectivity index (χ2v) is 7.63. The van der Waals surface area contributed by atoms with Gasteiger partial charge in [0.2, 0.25) is 5.91 Å². The fourth-order valence-electron chi connectivity index (χ4n) is 3.08. The van der Waals surface area contributed by atoms with Crippen LogP contribution in [0.15, 0.2) is 48.5 Å². The topological polar surface area (TPSA) is 70.2 Å². The summed E-state index contributed by atoms with van der Waals surface area (Å²) in [5.41, 5.74) is 3.72. The summed E-state index contributed by atoms with van der Waals surface area (Å²) in [5, 5.41) is 8.80. The summed E-state index contributed by atoms with van der Waals surface area (Å²) in [5.74, 6) is 0.588. The molecule has 150 valence electrons. The second kappa shape index (κ2) is 10.0. The number of benzene rings is 2. The van der Waals surface area contributed by atoms with E-state index in [0.29, 0.717) is 23.1 Å². The van der Waals surface area contributed by atoms with Gasteiger partial charge >= 0.3 is 0 Å². The summed E-state index contributed by atoms with van der Waals surface area (Å²) in [4.78, 5) is 23.9. The molecule has 0 unspecified atom stereocenters. The third kappa shape index (κ3) is 5.92. The average molecular weight is 382 g/mol. The van der Waals surface area contributed by atoms with Gasteiger partial charge in [0, 0.05) is 24.3 Å². The van der Waals surface area contributed by atoms with Gasteiger partial charge in [0.05, 0.1) is 6.54 Å². The van der Waals surface area contributed by atoms with Gasteiger partial charge in [-0.05, 0) is 47.2 Å². The second-order valence-electron chi connectivity index (χ2n) is 7.63. The molecule has 0 aliphatic heterocycles. The van der Waals surface area contributed by atoms with Crippen LogP contribution in [-0.4, -0.2) is 25.4 Å². The molecule has 0 bridgehead atoms. The Balaban J connectivity index is 1.95. The van der Waals surface area contributed by atoms with E-state index in [0.717, 1.165) is 0 Å². The highest BCUT2D eigenvalue weighted by molar-refractivity contribution is 5.96. The van der Waals surface area contributed by atoms with Gasteiger partial charge in [-0.3, -0.25) is 9.59 Å². The standard InChI is InChI=1S/C23H31N3O2/c1-15(2)17-6-8-18(9-7-17)22(16(3)4)25-14-21(27)26-20-12-10-19(11-13-20)23(28)24-5/h6-13,15-16,22,25H,14H2,1-5H3,(H,24,28)(H,26,27)/t22-/m1/s1. The molecule has 28 heavy (non-hydrogen) atoms. The molecule has 0 radical (unpaired) electrons. The molecule has 0 saturated carbocycles. The molecule has 5 heteroatoms. The van der Waals surface area contributed by atoms with Crippen molar-refractivity contribution in [3.8, 4) is 0 Å². The van der Waals surface area contributed by atoms with Crippen LogP contribution >= 0.6 is 0 Å². The Morgan fingerprint density at radius 1 is 0.857 bits per heavy atom. The van der Waals surface area contributed by atoms with Crippen molar-refractivity contribution in [2.75, 3.05) is 18.9 Å². The van der Waals surface area contributed by atoms with Crippen LogP contribution in [0.2, 0.25) is 0 Å². The van der Waals surface area contributed by atoms with Crippen LogP contribution in [0.4, 0.5) is 5.69 Å². The van der Waals surface area contributed by atoms with Gasteiger partial charge in [0.15, 0.2) is 0 Å². The van der Waals surface area contributed by atoms with Crippen LogP contribution < -0.4 is 16.0 Å². The highest BCUT2D eigenvalue weighted by atomic mass is 16.2. The zero-order valence-electron chi connectivity index (χ0n) is 17.4. The SMILES string of the molecule is CNC(=O)c1ccc(NC(=O)CN[C@@H](c2ccc(C(C)C)cc2)C(C)C)cc1. The third-order valence-electron chi connectivity index (χ3n) is 4.77. The Kier molecular flexibility index (Phi) is 7.76. The molecule has 0 aliphatic rings. The monoisotopic (exact) mass is 381 g/mol. The molecule has 0 spiro atoms. The zero-order chi connectivity index (χ0) is 20.7. The number of amides is 2. The van der Waals surface area contributed by atoms with E-state index in [1.807, 2.05) is 0 Å². The largest absolute Gasteiger partial charge is 0.355 e. The molecule has 0 saturated heterocycles. The van der Waals surface area contributed by atoms with Crippen LogP contribution in [0.3, 0.4) is 0 Å². The number of hydrogen-bond acceptors (Lipinski definition) is 3. The first-order valence-corrected chi connectivity index (χ1v) is 9.77. The number of hydrogen-bond donors (Lipinski definition) is 3. The molecule has 0 fully saturated rings. The van der Waals surface area contributed by atoms with E-state index in [-0.39, 0.29) is 24.4 Å². The summed E-state index contributed by atoms with van der Waals surface area (Å²) in [6.45, 7) is 8.86. The van der Waals surface area contributed by atoms with Crippen molar-refractivity contribution in [2.45, 2.75) is 39.7 Å². The molecule has 0 heterocycles. The Morgan fingerprint density at radius 2 is 1.43 bits per heavy atom. The van der Waals surface area contributed by atoms with E-state index >= 15 is 0 Å². The Hall–Kier alpha value is -2.66. The van der Waals surface area contributed by atoms with Gasteiger partial charge in [0.25, 0.3) is 5.91 Å². The minimum atomic E-state index is -0.150. The molecule has 3 N–H and O–H groups in total. The van der Waals surface area contributed by atoms with Crippen molar-refractivity contribution in [1.82, 2.24) is 10.6 Å². The highest BCUT2D eigenvalue weighted by Gasteiger charge is 2.17. The van der Waals surface area contributed by atoms with Gasteiger partial charge in [0.1, 0.15) is 0 Å². The van der Waals surface area contributed by atoms with Crippen molar-refractivity contribution >= 4 is 17.5 Å². The predicted octanol–water partition coefficient (Wildman–Crippen LogP) is 4.10. The summed E-state index contributed by atoms with van der Waals surface area (Å²) in [6.07, 6.45) is 0. The molecular weight excluding hydrogens is 350 g/mol. The number of anilines is 1. The average Bonchev–Trinajstić information content (AvgIpc) is 2.68. The van der Waals surface area contributed by atoms with E-state index in [1.165, 1.54) is 11.1 Å². The zero-order valence-corrected chi connectivity index (χ0v) is 17.4. The summed E-state index contributed by atoms with van der Waals surface area (Å²) in [7, 11) is 1.59. The molecule has 2 amide bonds. The molecule has 2 aromatic rings. The maximum Gasteiger partial charge on any atom is 0.251 e. The smallest absolute Gasteiger partial charge is 0.251 e. The Bertz CT molecular complexity index is 780. The summed E-state index contributed by atoms with van der Waals surface area (Å²) in [6, 6.07) is 15.5. The van der Waals surface area contributed by atoms with Crippen LogP contribution in [0.5, 0.6) is 0 Å². The molecule has 5 nitrogen and oxygen atoms in total. The van der Waals surface area contributed by atoms with Gasteiger partial charge in [-0.25, -0.2) is 0 Å². The molecule has 0 aliphatic carbocycles. The number of nitrogens with one attached hydrogen (secondary N) is 3. The Morgan fingerprint density at radius 3 is 1.93 bits per heavy atom. The maximum absolute atomic E-state index is 12.3. The fourth-order valence-corrected chi connectivity index (χ4v) is 3.08. The fraction of sp³-hybridized carbons (Fsp3) is 0.391. The lowest BCUT2D eigenvalue weighted by Crippen LogP contribution is -2.33. The van der Waals surface area contributed by atoms with Crippen LogP contribution in [-0.2, 0) is 4.79 Å². The van der Waals surface area contributed by atoms with E-state index in [9.17, 15) is 9.59 Å². The first-order chi connectivity index (χ1) is 13.3. The molecule has 2 rings (SSSR count). The minimum Gasteiger partial charge on any atom is -0.355 e. The van der Waals surface area contributed by atoms with Crippen molar-refractivity contribution in [3.05, 3.63) is 65.2 Å². The van der Waals surface area contributed by atoms with Gasteiger partial charge < -0.3 is 16.0 Å². The predicted molar refractivity (Wildman–Crippen MR) is 115 cm³/mol. The first-order valence-electron chi connectivity index (χ1n) is 9.77. The van der Waals surface area contributed by atoms with E-state index in [1.54, 1.807) is 31.3 Å². The molecular formula is C23H31N3O2. The maximum atomic E-state index is 12.3. The normalized spacial score (nSPS) is 12.1. The lowest BCUT2D eigenvalue weighted by atomic mass is 9.93. The molecule has 2 aromatic carbocycles. The lowest BCUT2D eigenvalue weighted by Gasteiger charge is -2.23. The van der Waals surface area contributed by atoms with Crippen molar-refractivity contribution in [2.24, 2.45) is 5.92 Å². The third-order valence-corrected chi connectivity index (χ3v) is 4.77. The quantitative estimate of drug-likeness (QED) is 0.645. The molecule has 0 aromatic heterocycles. The van der Waals surface area contributed by atoms with Crippen molar-refractivity contribution in [1.29, 1.82) is 0 Å². The van der Waals surface area contributed by atoms with Crippen LogP contribution in [0, 0.1) is 5.92 Å². The number of rotatable bonds is 8. The van der Waals surface area contributed by atoms with Crippen molar-refractivity contribution in [3.63, 3.8) is 0 Å². The first kappa shape index (κ1) is 21.6.